The molecule has 3 fully saturated rings. The zero-order valence-electron chi connectivity index (χ0n) is 15.5. The summed E-state index contributed by atoms with van der Waals surface area (Å²) >= 11 is 0. The van der Waals surface area contributed by atoms with E-state index in [1.54, 1.807) is 0 Å². The molecule has 3 aliphatic rings. The molecule has 0 aliphatic heterocycles. The minimum atomic E-state index is 0.0952. The lowest BCUT2D eigenvalue weighted by molar-refractivity contribution is -0.117. The molecule has 0 bridgehead atoms. The van der Waals surface area contributed by atoms with Gasteiger partial charge in [-0.1, -0.05) is 46.3 Å². The second-order valence-electron chi connectivity index (χ2n) is 9.47. The largest absolute Gasteiger partial charge is 0.325 e. The van der Waals surface area contributed by atoms with Gasteiger partial charge in [-0.3, -0.25) is 0 Å². The predicted molar refractivity (Wildman–Crippen MR) is 95.5 cm³/mol. The van der Waals surface area contributed by atoms with Gasteiger partial charge in [0.2, 0.25) is 0 Å². The van der Waals surface area contributed by atoms with Crippen LogP contribution in [0.4, 0.5) is 0 Å². The Morgan fingerprint density at radius 2 is 1.86 bits per heavy atom. The van der Waals surface area contributed by atoms with Crippen molar-refractivity contribution < 1.29 is 0 Å². The Labute approximate surface area is 138 Å². The van der Waals surface area contributed by atoms with Crippen LogP contribution in [0.2, 0.25) is 0 Å². The van der Waals surface area contributed by atoms with Gasteiger partial charge in [0, 0.05) is 5.54 Å². The normalized spacial score (nSPS) is 54.6. The minimum Gasteiger partial charge on any atom is -0.325 e. The second-order valence-corrected chi connectivity index (χ2v) is 9.47. The molecule has 0 spiro atoms. The molecule has 3 saturated carbocycles. The molecule has 3 unspecified atom stereocenters. The first-order valence-corrected chi connectivity index (χ1v) is 9.69. The SMILES string of the molecule is C=C(C)[C@@H]1CC[C@]2(N)CC[C@]3(C)[C@H](C(CC)C(C)C[C@H]3C)C12. The molecule has 1 nitrogen and oxygen atoms in total. The molecular weight excluding hydrogens is 266 g/mol. The summed E-state index contributed by atoms with van der Waals surface area (Å²) < 4.78 is 0. The van der Waals surface area contributed by atoms with E-state index in [2.05, 4.69) is 41.2 Å². The zero-order chi connectivity index (χ0) is 16.3. The first-order chi connectivity index (χ1) is 10.2. The van der Waals surface area contributed by atoms with Crippen molar-refractivity contribution >= 4 is 0 Å². The standard InChI is InChI=1S/C21H37N/c1-7-16-14(4)12-15(5)20(6)10-11-21(22)9-8-17(13(2)3)19(21)18(16)20/h14-19H,2,7-12,22H2,1,3-6H3/t14?,15-,16?,17+,18-,19?,20+,21+/m1/s1. The lowest BCUT2D eigenvalue weighted by Gasteiger charge is -2.62. The monoisotopic (exact) mass is 303 g/mol. The number of hydrogen-bond donors (Lipinski definition) is 1. The lowest BCUT2D eigenvalue weighted by Crippen LogP contribution is -2.61. The zero-order valence-corrected chi connectivity index (χ0v) is 15.5. The van der Waals surface area contributed by atoms with Crippen molar-refractivity contribution in [3.8, 4) is 0 Å². The molecule has 3 rings (SSSR count). The fraction of sp³-hybridized carbons (Fsp3) is 0.905. The summed E-state index contributed by atoms with van der Waals surface area (Å²) in [6.45, 7) is 16.6. The molecule has 3 aliphatic carbocycles. The van der Waals surface area contributed by atoms with Gasteiger partial charge in [0.15, 0.2) is 0 Å². The van der Waals surface area contributed by atoms with Crippen LogP contribution in [0, 0.1) is 40.9 Å². The van der Waals surface area contributed by atoms with Gasteiger partial charge in [-0.05, 0) is 80.0 Å². The highest BCUT2D eigenvalue weighted by Crippen LogP contribution is 2.66. The van der Waals surface area contributed by atoms with E-state index in [1.807, 2.05) is 0 Å². The van der Waals surface area contributed by atoms with Crippen LogP contribution >= 0.6 is 0 Å². The Bertz CT molecular complexity index is 455. The third kappa shape index (κ3) is 2.14. The van der Waals surface area contributed by atoms with Crippen LogP contribution in [0.1, 0.15) is 73.1 Å². The molecule has 126 valence electrons. The molecule has 0 aromatic carbocycles. The number of hydrogen-bond acceptors (Lipinski definition) is 1. The smallest absolute Gasteiger partial charge is 0.0192 e. The second kappa shape index (κ2) is 5.36. The van der Waals surface area contributed by atoms with Crippen LogP contribution in [-0.2, 0) is 0 Å². The molecule has 0 heterocycles. The Balaban J connectivity index is 2.07. The molecule has 0 radical (unpaired) electrons. The Kier molecular flexibility index (Phi) is 4.04. The predicted octanol–water partition coefficient (Wildman–Crippen LogP) is 5.40. The molecule has 0 amide bonds. The summed E-state index contributed by atoms with van der Waals surface area (Å²) in [5.41, 5.74) is 9.01. The molecular formula is C21H37N. The molecule has 8 atom stereocenters. The maximum atomic E-state index is 7.03. The van der Waals surface area contributed by atoms with E-state index >= 15 is 0 Å². The van der Waals surface area contributed by atoms with Crippen molar-refractivity contribution in [3.05, 3.63) is 12.2 Å². The van der Waals surface area contributed by atoms with Crippen LogP contribution < -0.4 is 5.73 Å². The molecule has 0 aromatic heterocycles. The van der Waals surface area contributed by atoms with E-state index in [0.29, 0.717) is 17.3 Å². The third-order valence-corrected chi connectivity index (χ3v) is 8.44. The van der Waals surface area contributed by atoms with Crippen molar-refractivity contribution in [2.24, 2.45) is 46.7 Å². The molecule has 0 aromatic rings. The fourth-order valence-electron chi connectivity index (χ4n) is 7.04. The molecule has 1 heteroatoms. The summed E-state index contributed by atoms with van der Waals surface area (Å²) in [5.74, 6) is 4.70. The molecule has 0 saturated heterocycles. The van der Waals surface area contributed by atoms with E-state index in [0.717, 1.165) is 23.7 Å². The van der Waals surface area contributed by atoms with Gasteiger partial charge in [-0.2, -0.15) is 0 Å². The van der Waals surface area contributed by atoms with Gasteiger partial charge < -0.3 is 5.73 Å². The topological polar surface area (TPSA) is 26.0 Å². The average Bonchev–Trinajstić information content (AvgIpc) is 2.79. The maximum absolute atomic E-state index is 7.03. The number of nitrogens with two attached hydrogens (primary N) is 1. The van der Waals surface area contributed by atoms with Crippen LogP contribution in [0.3, 0.4) is 0 Å². The highest BCUT2D eigenvalue weighted by atomic mass is 14.8. The van der Waals surface area contributed by atoms with Gasteiger partial charge in [0.25, 0.3) is 0 Å². The van der Waals surface area contributed by atoms with Gasteiger partial charge in [-0.25, -0.2) is 0 Å². The Morgan fingerprint density at radius 1 is 1.18 bits per heavy atom. The van der Waals surface area contributed by atoms with Gasteiger partial charge in [-0.15, -0.1) is 0 Å². The summed E-state index contributed by atoms with van der Waals surface area (Å²) in [6, 6.07) is 0. The van der Waals surface area contributed by atoms with Gasteiger partial charge in [0.1, 0.15) is 0 Å². The first-order valence-electron chi connectivity index (χ1n) is 9.69. The van der Waals surface area contributed by atoms with Crippen molar-refractivity contribution in [3.63, 3.8) is 0 Å². The number of allylic oxidation sites excluding steroid dienone is 1. The third-order valence-electron chi connectivity index (χ3n) is 8.44. The van der Waals surface area contributed by atoms with E-state index < -0.39 is 0 Å². The summed E-state index contributed by atoms with van der Waals surface area (Å²) in [4.78, 5) is 0. The summed E-state index contributed by atoms with van der Waals surface area (Å²) in [6.07, 6.45) is 7.82. The van der Waals surface area contributed by atoms with Gasteiger partial charge in [0.05, 0.1) is 0 Å². The van der Waals surface area contributed by atoms with Crippen molar-refractivity contribution in [2.45, 2.75) is 78.7 Å². The van der Waals surface area contributed by atoms with Crippen LogP contribution in [0.15, 0.2) is 12.2 Å². The lowest BCUT2D eigenvalue weighted by atomic mass is 9.44. The van der Waals surface area contributed by atoms with E-state index in [9.17, 15) is 0 Å². The first kappa shape index (κ1) is 16.6. The average molecular weight is 304 g/mol. The van der Waals surface area contributed by atoms with Gasteiger partial charge >= 0.3 is 0 Å². The highest BCUT2D eigenvalue weighted by molar-refractivity contribution is 5.19. The quantitative estimate of drug-likeness (QED) is 0.679. The Morgan fingerprint density at radius 3 is 2.45 bits per heavy atom. The van der Waals surface area contributed by atoms with Crippen molar-refractivity contribution in [1.29, 1.82) is 0 Å². The maximum Gasteiger partial charge on any atom is 0.0192 e. The van der Waals surface area contributed by atoms with Crippen molar-refractivity contribution in [2.75, 3.05) is 0 Å². The van der Waals surface area contributed by atoms with Crippen LogP contribution in [0.5, 0.6) is 0 Å². The highest BCUT2D eigenvalue weighted by Gasteiger charge is 2.62. The number of fused-ring (bicyclic) bond motifs is 3. The minimum absolute atomic E-state index is 0.0952. The fourth-order valence-corrected chi connectivity index (χ4v) is 7.04. The van der Waals surface area contributed by atoms with E-state index in [4.69, 9.17) is 5.73 Å². The Hall–Kier alpha value is -0.300. The van der Waals surface area contributed by atoms with Crippen molar-refractivity contribution in [1.82, 2.24) is 0 Å². The summed E-state index contributed by atoms with van der Waals surface area (Å²) in [7, 11) is 0. The van der Waals surface area contributed by atoms with Crippen LogP contribution in [0.25, 0.3) is 0 Å². The molecule has 2 N–H and O–H groups in total. The van der Waals surface area contributed by atoms with Crippen LogP contribution in [-0.4, -0.2) is 5.54 Å². The molecule has 22 heavy (non-hydrogen) atoms. The van der Waals surface area contributed by atoms with E-state index in [1.165, 1.54) is 44.1 Å². The van der Waals surface area contributed by atoms with E-state index in [-0.39, 0.29) is 5.54 Å². The number of rotatable bonds is 2. The summed E-state index contributed by atoms with van der Waals surface area (Å²) in [5, 5.41) is 0.